The third-order valence-electron chi connectivity index (χ3n) is 3.73. The lowest BCUT2D eigenvalue weighted by molar-refractivity contribution is -0.116. The molecule has 24 heavy (non-hydrogen) atoms. The number of anilines is 1. The third-order valence-corrected chi connectivity index (χ3v) is 3.73. The average molecular weight is 323 g/mol. The summed E-state index contributed by atoms with van der Waals surface area (Å²) in [6, 6.07) is 11.8. The number of aromatic nitrogens is 4. The first-order chi connectivity index (χ1) is 11.5. The van der Waals surface area contributed by atoms with Crippen LogP contribution in [0.2, 0.25) is 0 Å². The second kappa shape index (κ2) is 6.70. The van der Waals surface area contributed by atoms with E-state index in [1.807, 2.05) is 55.8 Å². The van der Waals surface area contributed by atoms with Gasteiger partial charge in [0.1, 0.15) is 6.54 Å². The van der Waals surface area contributed by atoms with Gasteiger partial charge in [0.25, 0.3) is 0 Å². The van der Waals surface area contributed by atoms with Gasteiger partial charge in [-0.2, -0.15) is 10.2 Å². The Morgan fingerprint density at radius 1 is 1.08 bits per heavy atom. The van der Waals surface area contributed by atoms with Crippen LogP contribution < -0.4 is 5.32 Å². The average Bonchev–Trinajstić information content (AvgIpc) is 3.05. The van der Waals surface area contributed by atoms with Gasteiger partial charge >= 0.3 is 0 Å². The molecule has 3 rings (SSSR count). The maximum Gasteiger partial charge on any atom is 0.246 e. The Kier molecular flexibility index (Phi) is 4.46. The van der Waals surface area contributed by atoms with Crippen LogP contribution in [0.4, 0.5) is 5.69 Å². The number of nitrogens with one attached hydrogen (secondary N) is 1. The molecule has 0 unspecified atom stereocenters. The molecule has 6 heteroatoms. The number of hydrogen-bond acceptors (Lipinski definition) is 3. The van der Waals surface area contributed by atoms with Crippen LogP contribution in [0.25, 0.3) is 0 Å². The molecule has 0 aliphatic heterocycles. The molecular formula is C18H21N5O. The molecule has 0 bridgehead atoms. The van der Waals surface area contributed by atoms with Crippen molar-refractivity contribution in [1.82, 2.24) is 19.6 Å². The van der Waals surface area contributed by atoms with E-state index in [0.29, 0.717) is 6.54 Å². The van der Waals surface area contributed by atoms with Gasteiger partial charge in [0, 0.05) is 17.6 Å². The lowest BCUT2D eigenvalue weighted by atomic mass is 10.2. The van der Waals surface area contributed by atoms with Crippen LogP contribution in [0.15, 0.2) is 42.6 Å². The van der Waals surface area contributed by atoms with Gasteiger partial charge in [-0.25, -0.2) is 0 Å². The Balaban J connectivity index is 1.66. The van der Waals surface area contributed by atoms with Crippen molar-refractivity contribution in [2.75, 3.05) is 5.32 Å². The largest absolute Gasteiger partial charge is 0.324 e. The number of aryl methyl sites for hydroxylation is 3. The zero-order valence-electron chi connectivity index (χ0n) is 14.2. The minimum atomic E-state index is -0.0960. The van der Waals surface area contributed by atoms with E-state index in [1.165, 1.54) is 0 Å². The summed E-state index contributed by atoms with van der Waals surface area (Å²) in [6.45, 7) is 6.81. The van der Waals surface area contributed by atoms with Gasteiger partial charge in [0.05, 0.1) is 17.9 Å². The van der Waals surface area contributed by atoms with E-state index < -0.39 is 0 Å². The van der Waals surface area contributed by atoms with Gasteiger partial charge in [-0.3, -0.25) is 14.2 Å². The number of amides is 1. The minimum absolute atomic E-state index is 0.0960. The van der Waals surface area contributed by atoms with Crippen molar-refractivity contribution in [3.63, 3.8) is 0 Å². The van der Waals surface area contributed by atoms with Crippen molar-refractivity contribution in [3.8, 4) is 0 Å². The number of nitrogens with zero attached hydrogens (tertiary/aromatic N) is 4. The van der Waals surface area contributed by atoms with Crippen molar-refractivity contribution < 1.29 is 4.79 Å². The van der Waals surface area contributed by atoms with Crippen molar-refractivity contribution in [2.45, 2.75) is 33.9 Å². The molecule has 0 saturated carbocycles. The van der Waals surface area contributed by atoms with E-state index in [2.05, 4.69) is 21.6 Å². The lowest BCUT2D eigenvalue weighted by Gasteiger charge is -2.09. The Hall–Kier alpha value is -2.89. The summed E-state index contributed by atoms with van der Waals surface area (Å²) in [7, 11) is 0. The zero-order valence-corrected chi connectivity index (χ0v) is 14.2. The first-order valence-electron chi connectivity index (χ1n) is 7.89. The van der Waals surface area contributed by atoms with E-state index in [0.717, 1.165) is 28.3 Å². The Morgan fingerprint density at radius 2 is 1.92 bits per heavy atom. The summed E-state index contributed by atoms with van der Waals surface area (Å²) in [5, 5.41) is 11.6. The van der Waals surface area contributed by atoms with Gasteiger partial charge < -0.3 is 5.32 Å². The predicted molar refractivity (Wildman–Crippen MR) is 92.8 cm³/mol. The first kappa shape index (κ1) is 16.0. The molecule has 0 radical (unpaired) electrons. The maximum atomic E-state index is 12.1. The highest BCUT2D eigenvalue weighted by Crippen LogP contribution is 2.13. The van der Waals surface area contributed by atoms with Crippen molar-refractivity contribution >= 4 is 11.6 Å². The highest BCUT2D eigenvalue weighted by molar-refractivity contribution is 5.90. The quantitative estimate of drug-likeness (QED) is 0.785. The number of carbonyl (C=O) groups is 1. The Labute approximate surface area is 141 Å². The molecule has 0 fully saturated rings. The van der Waals surface area contributed by atoms with Crippen LogP contribution in [0, 0.1) is 20.8 Å². The highest BCUT2D eigenvalue weighted by Gasteiger charge is 2.06. The summed E-state index contributed by atoms with van der Waals surface area (Å²) < 4.78 is 3.59. The second-order valence-corrected chi connectivity index (χ2v) is 5.99. The van der Waals surface area contributed by atoms with Gasteiger partial charge in [-0.1, -0.05) is 12.1 Å². The van der Waals surface area contributed by atoms with Crippen molar-refractivity contribution in [2.24, 2.45) is 0 Å². The Morgan fingerprint density at radius 3 is 2.58 bits per heavy atom. The topological polar surface area (TPSA) is 64.7 Å². The smallest absolute Gasteiger partial charge is 0.246 e. The van der Waals surface area contributed by atoms with Gasteiger partial charge in [0.2, 0.25) is 5.91 Å². The van der Waals surface area contributed by atoms with Crippen LogP contribution in [0.1, 0.15) is 22.6 Å². The lowest BCUT2D eigenvalue weighted by Crippen LogP contribution is -2.19. The van der Waals surface area contributed by atoms with E-state index in [4.69, 9.17) is 0 Å². The monoisotopic (exact) mass is 323 g/mol. The SMILES string of the molecule is Cc1ccn(CC(=O)Nc2cccc(Cn3nc(C)cc3C)c2)n1. The minimum Gasteiger partial charge on any atom is -0.324 e. The number of benzene rings is 1. The van der Waals surface area contributed by atoms with Crippen LogP contribution in [-0.2, 0) is 17.9 Å². The van der Waals surface area contributed by atoms with Gasteiger partial charge in [0.15, 0.2) is 0 Å². The van der Waals surface area contributed by atoms with Crippen LogP contribution >= 0.6 is 0 Å². The molecule has 0 saturated heterocycles. The molecular weight excluding hydrogens is 302 g/mol. The number of carbonyl (C=O) groups excluding carboxylic acids is 1. The van der Waals surface area contributed by atoms with Crippen LogP contribution in [0.3, 0.4) is 0 Å². The molecule has 1 amide bonds. The van der Waals surface area contributed by atoms with E-state index in [1.54, 1.807) is 10.9 Å². The highest BCUT2D eigenvalue weighted by atomic mass is 16.2. The molecule has 0 aliphatic carbocycles. The standard InChI is InChI=1S/C18H21N5O/c1-13-7-8-22(20-13)12-18(24)19-17-6-4-5-16(10-17)11-23-15(3)9-14(2)21-23/h4-10H,11-12H2,1-3H3,(H,19,24). The normalized spacial score (nSPS) is 10.8. The van der Waals surface area contributed by atoms with Crippen molar-refractivity contribution in [1.29, 1.82) is 0 Å². The first-order valence-corrected chi connectivity index (χ1v) is 7.89. The summed E-state index contributed by atoms with van der Waals surface area (Å²) in [4.78, 5) is 12.1. The summed E-state index contributed by atoms with van der Waals surface area (Å²) in [5.74, 6) is -0.0960. The molecule has 1 aromatic carbocycles. The summed E-state index contributed by atoms with van der Waals surface area (Å²) >= 11 is 0. The number of hydrogen-bond donors (Lipinski definition) is 1. The molecule has 2 aromatic heterocycles. The van der Waals surface area contributed by atoms with Crippen LogP contribution in [-0.4, -0.2) is 25.5 Å². The van der Waals surface area contributed by atoms with Crippen LogP contribution in [0.5, 0.6) is 0 Å². The third kappa shape index (κ3) is 3.90. The fraction of sp³-hybridized carbons (Fsp3) is 0.278. The van der Waals surface area contributed by atoms with Gasteiger partial charge in [-0.15, -0.1) is 0 Å². The molecule has 6 nitrogen and oxygen atoms in total. The summed E-state index contributed by atoms with van der Waals surface area (Å²) in [5.41, 5.74) is 4.90. The van der Waals surface area contributed by atoms with Crippen molar-refractivity contribution in [3.05, 3.63) is 65.2 Å². The molecule has 1 N–H and O–H groups in total. The molecule has 0 atom stereocenters. The molecule has 0 spiro atoms. The molecule has 3 aromatic rings. The van der Waals surface area contributed by atoms with E-state index in [9.17, 15) is 4.79 Å². The molecule has 0 aliphatic rings. The fourth-order valence-corrected chi connectivity index (χ4v) is 2.65. The molecule has 2 heterocycles. The molecule has 124 valence electrons. The zero-order chi connectivity index (χ0) is 17.1. The maximum absolute atomic E-state index is 12.1. The van der Waals surface area contributed by atoms with E-state index >= 15 is 0 Å². The summed E-state index contributed by atoms with van der Waals surface area (Å²) in [6.07, 6.45) is 1.80. The van der Waals surface area contributed by atoms with Gasteiger partial charge in [-0.05, 0) is 50.6 Å². The number of rotatable bonds is 5. The van der Waals surface area contributed by atoms with E-state index in [-0.39, 0.29) is 12.5 Å². The second-order valence-electron chi connectivity index (χ2n) is 5.99. The predicted octanol–water partition coefficient (Wildman–Crippen LogP) is 2.69. The Bertz CT molecular complexity index is 862. The fourth-order valence-electron chi connectivity index (χ4n) is 2.65.